The maximum Gasteiger partial charge on any atom is 0.202 e. The number of rotatable bonds is 7. The summed E-state index contributed by atoms with van der Waals surface area (Å²) < 4.78 is 18.1. The predicted molar refractivity (Wildman–Crippen MR) is 131 cm³/mol. The largest absolute Gasteiger partial charge is 0.364 e. The minimum Gasteiger partial charge on any atom is -0.364 e. The van der Waals surface area contributed by atoms with E-state index in [0.29, 0.717) is 30.5 Å². The number of benzene rings is 1. The Morgan fingerprint density at radius 1 is 1.41 bits per heavy atom. The first kappa shape index (κ1) is 26.1. The molecule has 0 atom stereocenters. The van der Waals surface area contributed by atoms with E-state index < -0.39 is 5.82 Å². The van der Waals surface area contributed by atoms with Crippen LogP contribution in [-0.4, -0.2) is 47.7 Å². The van der Waals surface area contributed by atoms with Gasteiger partial charge in [0.25, 0.3) is 0 Å². The van der Waals surface area contributed by atoms with Gasteiger partial charge in [-0.3, -0.25) is 10.7 Å². The monoisotopic (exact) mass is 695 g/mol. The van der Waals surface area contributed by atoms with Crippen LogP contribution in [0.5, 0.6) is 0 Å². The molecule has 0 bridgehead atoms. The van der Waals surface area contributed by atoms with Crippen LogP contribution in [0.15, 0.2) is 32.3 Å². The smallest absolute Gasteiger partial charge is 0.202 e. The van der Waals surface area contributed by atoms with Crippen molar-refractivity contribution in [3.8, 4) is 0 Å². The van der Waals surface area contributed by atoms with Gasteiger partial charge in [0.2, 0.25) is 5.82 Å². The highest BCUT2D eigenvalue weighted by Gasteiger charge is 2.17. The Hall–Kier alpha value is -0.910. The lowest BCUT2D eigenvalue weighted by Crippen LogP contribution is -2.23. The molecule has 0 aliphatic heterocycles. The van der Waals surface area contributed by atoms with E-state index in [1.165, 1.54) is 37.3 Å². The number of hydroxylamine groups is 1. The van der Waals surface area contributed by atoms with Crippen LogP contribution in [0.2, 0.25) is 0 Å². The van der Waals surface area contributed by atoms with Gasteiger partial charge in [-0.1, -0.05) is 0 Å². The van der Waals surface area contributed by atoms with Gasteiger partial charge in [-0.25, -0.2) is 14.0 Å². The predicted octanol–water partition coefficient (Wildman–Crippen LogP) is 4.48. The molecule has 0 saturated heterocycles. The summed E-state index contributed by atoms with van der Waals surface area (Å²) in [5.41, 5.74) is 2.56. The molecule has 1 aromatic carbocycles. The second-order valence-electron chi connectivity index (χ2n) is 5.67. The van der Waals surface area contributed by atoms with Crippen molar-refractivity contribution in [1.29, 1.82) is 5.41 Å². The van der Waals surface area contributed by atoms with Gasteiger partial charge in [-0.15, -0.1) is 0 Å². The fraction of sp³-hybridized carbons (Fsp3) is 0.375. The Morgan fingerprint density at radius 2 is 2.14 bits per heavy atom. The minimum absolute atomic E-state index is 0.0201. The molecule has 9 nitrogen and oxygen atoms in total. The Kier molecular flexibility index (Phi) is 13.5. The van der Waals surface area contributed by atoms with Crippen LogP contribution < -0.4 is 16.1 Å². The first-order chi connectivity index (χ1) is 14.1. The number of likely N-dealkylation sites (N-methyl/N-ethyl adjacent to an activating group) is 1. The standard InChI is InChI=1S/C12H14BrFN6O2.C4H7N.I2/c1-15-4-5-16-11-10(19-22-20-11)12(18-21)17-7-2-3-9(14)8(13)6-7;5-3-4-1-2-4;1-2/h2-3,6,15,21H,4-5H2,1H3,(H,16,20)(H,17,18);3-5H,1-2H2;. The van der Waals surface area contributed by atoms with Crippen molar-refractivity contribution < 1.29 is 14.2 Å². The van der Waals surface area contributed by atoms with Gasteiger partial charge in [-0.2, -0.15) is 0 Å². The highest BCUT2D eigenvalue weighted by Crippen LogP contribution is 2.25. The van der Waals surface area contributed by atoms with Crippen LogP contribution in [-0.2, 0) is 0 Å². The number of nitrogens with one attached hydrogen (secondary N) is 4. The van der Waals surface area contributed by atoms with E-state index in [1.807, 2.05) is 12.5 Å². The Morgan fingerprint density at radius 3 is 2.66 bits per heavy atom. The molecule has 29 heavy (non-hydrogen) atoms. The number of halogens is 4. The molecule has 5 N–H and O–H groups in total. The van der Waals surface area contributed by atoms with Gasteiger partial charge in [0.1, 0.15) is 5.82 Å². The van der Waals surface area contributed by atoms with Gasteiger partial charge in [0, 0.05) is 50.3 Å². The zero-order chi connectivity index (χ0) is 21.6. The van der Waals surface area contributed by atoms with Gasteiger partial charge in [0.05, 0.1) is 10.2 Å². The summed E-state index contributed by atoms with van der Waals surface area (Å²) in [5.74, 6) is 0.619. The van der Waals surface area contributed by atoms with Crippen LogP contribution in [0.25, 0.3) is 0 Å². The van der Waals surface area contributed by atoms with E-state index >= 15 is 0 Å². The highest BCUT2D eigenvalue weighted by molar-refractivity contribution is 15.0. The number of hydrogen-bond donors (Lipinski definition) is 5. The lowest BCUT2D eigenvalue weighted by Gasteiger charge is -2.05. The Labute approximate surface area is 199 Å². The fourth-order valence-electron chi connectivity index (χ4n) is 1.84. The molecule has 1 saturated carbocycles. The summed E-state index contributed by atoms with van der Waals surface area (Å²) in [4.78, 5) is 4.15. The number of anilines is 1. The summed E-state index contributed by atoms with van der Waals surface area (Å²) in [6.07, 6.45) is 4.06. The van der Waals surface area contributed by atoms with Crippen molar-refractivity contribution in [3.63, 3.8) is 0 Å². The summed E-state index contributed by atoms with van der Waals surface area (Å²) >= 11 is 7.31. The second kappa shape index (κ2) is 15.0. The zero-order valence-electron chi connectivity index (χ0n) is 15.4. The van der Waals surface area contributed by atoms with E-state index in [1.54, 1.807) is 0 Å². The molecular weight excluding hydrogens is 675 g/mol. The fourth-order valence-corrected chi connectivity index (χ4v) is 2.21. The zero-order valence-corrected chi connectivity index (χ0v) is 21.3. The van der Waals surface area contributed by atoms with E-state index in [4.69, 9.17) is 5.41 Å². The Balaban J connectivity index is 0.000000512. The van der Waals surface area contributed by atoms with E-state index in [2.05, 4.69) is 83.7 Å². The quantitative estimate of drug-likeness (QED) is 0.0950. The SMILES string of the molecule is CNCCNc1nonc1C(=Nc1ccc(F)c(Br)c1)NO.II.N=CC1CC1. The number of hydrogen-bond acceptors (Lipinski definition) is 8. The number of aliphatic imine (C=N–C) groups is 1. The van der Waals surface area contributed by atoms with Crippen molar-refractivity contribution in [2.75, 3.05) is 25.5 Å². The van der Waals surface area contributed by atoms with E-state index in [0.717, 1.165) is 0 Å². The molecule has 13 heteroatoms. The van der Waals surface area contributed by atoms with Gasteiger partial charge in [-0.05, 0) is 76.5 Å². The molecule has 0 spiro atoms. The third-order valence-electron chi connectivity index (χ3n) is 3.49. The van der Waals surface area contributed by atoms with Crippen LogP contribution in [0.3, 0.4) is 0 Å². The van der Waals surface area contributed by atoms with Gasteiger partial charge >= 0.3 is 0 Å². The summed E-state index contributed by atoms with van der Waals surface area (Å²) in [6.45, 7) is 1.29. The van der Waals surface area contributed by atoms with Crippen LogP contribution in [0.4, 0.5) is 15.9 Å². The minimum atomic E-state index is -0.407. The number of aromatic nitrogens is 2. The van der Waals surface area contributed by atoms with Gasteiger partial charge < -0.3 is 16.0 Å². The van der Waals surface area contributed by atoms with Crippen molar-refractivity contribution in [2.24, 2.45) is 10.9 Å². The molecule has 0 amide bonds. The van der Waals surface area contributed by atoms with Crippen LogP contribution in [0.1, 0.15) is 18.5 Å². The molecule has 1 aliphatic carbocycles. The molecule has 2 aromatic rings. The number of amidine groups is 1. The maximum absolute atomic E-state index is 13.2. The van der Waals surface area contributed by atoms with Crippen LogP contribution >= 0.6 is 53.2 Å². The average molecular weight is 696 g/mol. The Bertz CT molecular complexity index is 790. The van der Waals surface area contributed by atoms with Crippen molar-refractivity contribution in [1.82, 2.24) is 21.1 Å². The molecule has 0 unspecified atom stereocenters. The van der Waals surface area contributed by atoms with Crippen molar-refractivity contribution >= 4 is 76.7 Å². The number of nitrogens with zero attached hydrogens (tertiary/aromatic N) is 3. The second-order valence-corrected chi connectivity index (χ2v) is 6.52. The summed E-state index contributed by atoms with van der Waals surface area (Å²) in [7, 11) is 1.82. The first-order valence-electron chi connectivity index (χ1n) is 8.39. The molecule has 1 aromatic heterocycles. The molecule has 1 aliphatic rings. The molecule has 1 fully saturated rings. The van der Waals surface area contributed by atoms with Crippen molar-refractivity contribution in [2.45, 2.75) is 12.8 Å². The summed E-state index contributed by atoms with van der Waals surface area (Å²) in [6, 6.07) is 4.18. The van der Waals surface area contributed by atoms with Crippen LogP contribution in [0, 0.1) is 17.1 Å². The van der Waals surface area contributed by atoms with E-state index in [-0.39, 0.29) is 16.0 Å². The summed E-state index contributed by atoms with van der Waals surface area (Å²) in [5, 5.41) is 29.2. The topological polar surface area (TPSA) is 131 Å². The van der Waals surface area contributed by atoms with Gasteiger partial charge in [0.15, 0.2) is 11.5 Å². The first-order valence-corrected chi connectivity index (χ1v) is 15.5. The molecule has 1 heterocycles. The lowest BCUT2D eigenvalue weighted by atomic mass is 10.3. The molecular formula is C16H21BrFI2N7O2. The third-order valence-corrected chi connectivity index (χ3v) is 4.10. The van der Waals surface area contributed by atoms with E-state index in [9.17, 15) is 9.60 Å². The highest BCUT2D eigenvalue weighted by atomic mass is 128. The normalized spacial score (nSPS) is 12.8. The van der Waals surface area contributed by atoms with Crippen molar-refractivity contribution in [3.05, 3.63) is 34.2 Å². The maximum atomic E-state index is 13.2. The molecule has 0 radical (unpaired) electrons. The molecule has 3 rings (SSSR count). The third kappa shape index (κ3) is 9.63. The lowest BCUT2D eigenvalue weighted by molar-refractivity contribution is 0.234. The average Bonchev–Trinajstić information content (AvgIpc) is 3.49. The molecule has 160 valence electrons.